The maximum absolute atomic E-state index is 14.3. The number of halogens is 3. The Kier molecular flexibility index (Phi) is 4.27. The molecular formula is C18H12F3N5O. The van der Waals surface area contributed by atoms with Crippen LogP contribution in [0.2, 0.25) is 0 Å². The lowest BCUT2D eigenvalue weighted by molar-refractivity contribution is -0.117. The van der Waals surface area contributed by atoms with Crippen molar-refractivity contribution in [1.82, 2.24) is 19.9 Å². The molecule has 0 radical (unpaired) electrons. The van der Waals surface area contributed by atoms with Crippen molar-refractivity contribution < 1.29 is 18.0 Å². The van der Waals surface area contributed by atoms with E-state index in [0.717, 1.165) is 25.2 Å². The van der Waals surface area contributed by atoms with E-state index in [0.29, 0.717) is 6.07 Å². The van der Waals surface area contributed by atoms with Gasteiger partial charge < -0.3 is 5.32 Å². The van der Waals surface area contributed by atoms with Crippen LogP contribution in [0.3, 0.4) is 0 Å². The Morgan fingerprint density at radius 3 is 2.48 bits per heavy atom. The molecular weight excluding hydrogens is 359 g/mol. The lowest BCUT2D eigenvalue weighted by Crippen LogP contribution is -2.15. The van der Waals surface area contributed by atoms with Gasteiger partial charge in [-0.2, -0.15) is 0 Å². The zero-order valence-corrected chi connectivity index (χ0v) is 13.8. The molecule has 1 saturated carbocycles. The van der Waals surface area contributed by atoms with Crippen molar-refractivity contribution in [3.05, 3.63) is 54.4 Å². The minimum atomic E-state index is -0.981. The van der Waals surface area contributed by atoms with Crippen molar-refractivity contribution in [1.29, 1.82) is 0 Å². The SMILES string of the molecule is O=C(Nc1cnc(-c2ccncc2F)c(-c2ncc(F)cc2F)n1)C1CC1. The van der Waals surface area contributed by atoms with Gasteiger partial charge in [-0.15, -0.1) is 0 Å². The van der Waals surface area contributed by atoms with Gasteiger partial charge in [0, 0.05) is 23.7 Å². The minimum Gasteiger partial charge on any atom is -0.309 e. The summed E-state index contributed by atoms with van der Waals surface area (Å²) in [7, 11) is 0. The van der Waals surface area contributed by atoms with Crippen molar-refractivity contribution in [3.8, 4) is 22.6 Å². The number of pyridine rings is 2. The van der Waals surface area contributed by atoms with E-state index in [1.165, 1.54) is 18.5 Å². The first-order chi connectivity index (χ1) is 13.0. The Labute approximate surface area is 151 Å². The highest BCUT2D eigenvalue weighted by atomic mass is 19.1. The molecule has 1 amide bonds. The minimum absolute atomic E-state index is 0.00247. The number of hydrogen-bond acceptors (Lipinski definition) is 5. The molecule has 1 aliphatic rings. The number of carbonyl (C=O) groups excluding carboxylic acids is 1. The Morgan fingerprint density at radius 2 is 1.78 bits per heavy atom. The van der Waals surface area contributed by atoms with Gasteiger partial charge in [0.1, 0.15) is 22.9 Å². The Bertz CT molecular complexity index is 1040. The lowest BCUT2D eigenvalue weighted by Gasteiger charge is -2.11. The Morgan fingerprint density at radius 1 is 1.00 bits per heavy atom. The van der Waals surface area contributed by atoms with Crippen molar-refractivity contribution in [2.45, 2.75) is 12.8 Å². The molecule has 0 unspecified atom stereocenters. The van der Waals surface area contributed by atoms with Gasteiger partial charge in [0.15, 0.2) is 17.5 Å². The summed E-state index contributed by atoms with van der Waals surface area (Å²) >= 11 is 0. The molecule has 0 aromatic carbocycles. The molecule has 6 nitrogen and oxygen atoms in total. The summed E-state index contributed by atoms with van der Waals surface area (Å²) in [6, 6.07) is 2.00. The lowest BCUT2D eigenvalue weighted by atomic mass is 10.1. The summed E-state index contributed by atoms with van der Waals surface area (Å²) in [4.78, 5) is 27.7. The van der Waals surface area contributed by atoms with E-state index >= 15 is 0 Å². The van der Waals surface area contributed by atoms with Crippen LogP contribution in [0.5, 0.6) is 0 Å². The molecule has 0 spiro atoms. The van der Waals surface area contributed by atoms with Gasteiger partial charge in [0.25, 0.3) is 0 Å². The average molecular weight is 371 g/mol. The molecule has 1 aliphatic carbocycles. The molecule has 0 saturated heterocycles. The summed E-state index contributed by atoms with van der Waals surface area (Å²) in [5.74, 6) is -2.75. The summed E-state index contributed by atoms with van der Waals surface area (Å²) in [5.41, 5.74) is -0.403. The standard InChI is InChI=1S/C18H12F3N5O/c19-10-5-12(20)16(23-6-10)17-15(11-3-4-22-7-13(11)21)24-8-14(25-17)26-18(27)9-1-2-9/h3-9H,1-2H2,(H,25,26,27). The molecule has 4 rings (SSSR count). The van der Waals surface area contributed by atoms with E-state index < -0.39 is 17.5 Å². The molecule has 3 aromatic heterocycles. The average Bonchev–Trinajstić information content (AvgIpc) is 3.48. The second-order valence-corrected chi connectivity index (χ2v) is 6.06. The highest BCUT2D eigenvalue weighted by molar-refractivity contribution is 5.93. The van der Waals surface area contributed by atoms with Crippen LogP contribution in [0, 0.1) is 23.4 Å². The van der Waals surface area contributed by atoms with Gasteiger partial charge >= 0.3 is 0 Å². The molecule has 3 heterocycles. The number of amides is 1. The molecule has 0 aliphatic heterocycles. The normalized spacial score (nSPS) is 13.4. The van der Waals surface area contributed by atoms with Crippen LogP contribution < -0.4 is 5.32 Å². The van der Waals surface area contributed by atoms with Crippen LogP contribution in [0.4, 0.5) is 19.0 Å². The predicted molar refractivity (Wildman–Crippen MR) is 89.7 cm³/mol. The first-order valence-electron chi connectivity index (χ1n) is 8.12. The number of aromatic nitrogens is 4. The quantitative estimate of drug-likeness (QED) is 0.761. The van der Waals surface area contributed by atoms with Crippen LogP contribution in [0.1, 0.15) is 12.8 Å². The molecule has 0 bridgehead atoms. The highest BCUT2D eigenvalue weighted by Crippen LogP contribution is 2.33. The van der Waals surface area contributed by atoms with Crippen LogP contribution in [0.15, 0.2) is 36.9 Å². The number of anilines is 1. The fourth-order valence-electron chi connectivity index (χ4n) is 2.54. The summed E-state index contributed by atoms with van der Waals surface area (Å²) in [5, 5.41) is 2.60. The van der Waals surface area contributed by atoms with Crippen LogP contribution >= 0.6 is 0 Å². The van der Waals surface area contributed by atoms with E-state index in [4.69, 9.17) is 0 Å². The van der Waals surface area contributed by atoms with Gasteiger partial charge in [-0.05, 0) is 18.9 Å². The maximum atomic E-state index is 14.3. The number of hydrogen-bond donors (Lipinski definition) is 1. The first-order valence-corrected chi connectivity index (χ1v) is 8.12. The van der Waals surface area contributed by atoms with E-state index in [9.17, 15) is 18.0 Å². The van der Waals surface area contributed by atoms with Crippen LogP contribution in [-0.2, 0) is 4.79 Å². The number of carbonyl (C=O) groups is 1. The predicted octanol–water partition coefficient (Wildman–Crippen LogP) is 3.37. The smallest absolute Gasteiger partial charge is 0.228 e. The molecule has 136 valence electrons. The maximum Gasteiger partial charge on any atom is 0.228 e. The monoisotopic (exact) mass is 371 g/mol. The van der Waals surface area contributed by atoms with E-state index in [1.807, 2.05) is 0 Å². The summed E-state index contributed by atoms with van der Waals surface area (Å²) < 4.78 is 41.7. The zero-order valence-electron chi connectivity index (χ0n) is 13.8. The van der Waals surface area contributed by atoms with Crippen molar-refractivity contribution in [2.75, 3.05) is 5.32 Å². The van der Waals surface area contributed by atoms with Gasteiger partial charge in [-0.1, -0.05) is 0 Å². The second-order valence-electron chi connectivity index (χ2n) is 6.06. The van der Waals surface area contributed by atoms with Gasteiger partial charge in [-0.25, -0.2) is 28.1 Å². The molecule has 9 heteroatoms. The van der Waals surface area contributed by atoms with Crippen molar-refractivity contribution in [2.24, 2.45) is 5.92 Å². The Balaban J connectivity index is 1.85. The topological polar surface area (TPSA) is 80.7 Å². The largest absolute Gasteiger partial charge is 0.309 e. The molecule has 27 heavy (non-hydrogen) atoms. The third kappa shape index (κ3) is 3.48. The van der Waals surface area contributed by atoms with Crippen LogP contribution in [-0.4, -0.2) is 25.8 Å². The molecule has 1 fully saturated rings. The zero-order chi connectivity index (χ0) is 19.0. The molecule has 3 aromatic rings. The number of nitrogens with zero attached hydrogens (tertiary/aromatic N) is 4. The fraction of sp³-hybridized carbons (Fsp3) is 0.167. The first kappa shape index (κ1) is 17.1. The van der Waals surface area contributed by atoms with E-state index in [1.54, 1.807) is 0 Å². The van der Waals surface area contributed by atoms with Crippen LogP contribution in [0.25, 0.3) is 22.6 Å². The molecule has 0 atom stereocenters. The summed E-state index contributed by atoms with van der Waals surface area (Å²) in [6.45, 7) is 0. The highest BCUT2D eigenvalue weighted by Gasteiger charge is 2.30. The van der Waals surface area contributed by atoms with E-state index in [2.05, 4.69) is 25.3 Å². The molecule has 1 N–H and O–H groups in total. The second kappa shape index (κ2) is 6.75. The van der Waals surface area contributed by atoms with Crippen molar-refractivity contribution >= 4 is 11.7 Å². The fourth-order valence-corrected chi connectivity index (χ4v) is 2.54. The van der Waals surface area contributed by atoms with Gasteiger partial charge in [-0.3, -0.25) is 9.78 Å². The third-order valence-electron chi connectivity index (χ3n) is 4.03. The van der Waals surface area contributed by atoms with Crippen molar-refractivity contribution in [3.63, 3.8) is 0 Å². The summed E-state index contributed by atoms with van der Waals surface area (Å²) in [6.07, 6.45) is 5.99. The number of nitrogens with one attached hydrogen (secondary N) is 1. The third-order valence-corrected chi connectivity index (χ3v) is 4.03. The Hall–Kier alpha value is -3.36. The van der Waals surface area contributed by atoms with Gasteiger partial charge in [0.05, 0.1) is 18.6 Å². The van der Waals surface area contributed by atoms with Gasteiger partial charge in [0.2, 0.25) is 5.91 Å². The number of rotatable bonds is 4. The van der Waals surface area contributed by atoms with E-state index in [-0.39, 0.29) is 40.3 Å².